The smallest absolute Gasteiger partial charge is 0.0602 e. The number of hydrogen-bond donors (Lipinski definition) is 0. The first kappa shape index (κ1) is 14.9. The van der Waals surface area contributed by atoms with Crippen LogP contribution in [0.25, 0.3) is 0 Å². The quantitative estimate of drug-likeness (QED) is 0.847. The predicted octanol–water partition coefficient (Wildman–Crippen LogP) is 3.95. The first-order chi connectivity index (χ1) is 11.4. The molecular weight excluding hydrogens is 280 g/mol. The van der Waals surface area contributed by atoms with Crippen molar-refractivity contribution in [2.75, 3.05) is 26.2 Å². The van der Waals surface area contributed by atoms with E-state index in [0.29, 0.717) is 6.04 Å². The standard InChI is InChI=1S/C21H26N2/c1-3-9-18(10-4-1)21(19-11-5-2-6-12-19)23-16-15-22-14-8-7-13-20(22)17-23/h1-6,9-12,20-21H,7-8,13-17H2/t20-/m0/s1. The summed E-state index contributed by atoms with van der Waals surface area (Å²) in [5, 5.41) is 0. The lowest BCUT2D eigenvalue weighted by Crippen LogP contribution is -2.55. The van der Waals surface area contributed by atoms with Crippen molar-refractivity contribution in [2.24, 2.45) is 0 Å². The van der Waals surface area contributed by atoms with Crippen molar-refractivity contribution >= 4 is 0 Å². The van der Waals surface area contributed by atoms with Gasteiger partial charge in [0.05, 0.1) is 6.04 Å². The summed E-state index contributed by atoms with van der Waals surface area (Å²) in [7, 11) is 0. The molecule has 2 heterocycles. The summed E-state index contributed by atoms with van der Waals surface area (Å²) in [4.78, 5) is 5.42. The number of rotatable bonds is 3. The van der Waals surface area contributed by atoms with Gasteiger partial charge in [-0.1, -0.05) is 67.1 Å². The predicted molar refractivity (Wildman–Crippen MR) is 95.5 cm³/mol. The van der Waals surface area contributed by atoms with E-state index in [4.69, 9.17) is 0 Å². The second kappa shape index (κ2) is 6.86. The second-order valence-electron chi connectivity index (χ2n) is 6.90. The highest BCUT2D eigenvalue weighted by Crippen LogP contribution is 2.32. The number of hydrogen-bond acceptors (Lipinski definition) is 2. The Morgan fingerprint density at radius 1 is 0.739 bits per heavy atom. The molecule has 0 amide bonds. The van der Waals surface area contributed by atoms with Crippen molar-refractivity contribution < 1.29 is 0 Å². The van der Waals surface area contributed by atoms with Crippen molar-refractivity contribution in [2.45, 2.75) is 31.3 Å². The fourth-order valence-corrected chi connectivity index (χ4v) is 4.30. The van der Waals surface area contributed by atoms with Crippen LogP contribution in [0.2, 0.25) is 0 Å². The van der Waals surface area contributed by atoms with Crippen LogP contribution in [0.5, 0.6) is 0 Å². The number of nitrogens with zero attached hydrogens (tertiary/aromatic N) is 2. The molecule has 0 aliphatic carbocycles. The highest BCUT2D eigenvalue weighted by Gasteiger charge is 2.33. The average molecular weight is 306 g/mol. The van der Waals surface area contributed by atoms with Crippen LogP contribution in [-0.2, 0) is 0 Å². The van der Waals surface area contributed by atoms with Crippen LogP contribution in [-0.4, -0.2) is 42.0 Å². The molecule has 2 aromatic carbocycles. The molecule has 120 valence electrons. The number of benzene rings is 2. The van der Waals surface area contributed by atoms with Crippen molar-refractivity contribution in [3.63, 3.8) is 0 Å². The molecule has 2 fully saturated rings. The molecule has 23 heavy (non-hydrogen) atoms. The average Bonchev–Trinajstić information content (AvgIpc) is 2.64. The zero-order chi connectivity index (χ0) is 15.5. The van der Waals surface area contributed by atoms with Gasteiger partial charge < -0.3 is 0 Å². The van der Waals surface area contributed by atoms with Gasteiger partial charge in [0.2, 0.25) is 0 Å². The van der Waals surface area contributed by atoms with Crippen LogP contribution >= 0.6 is 0 Å². The minimum absolute atomic E-state index is 0.390. The Bertz CT molecular complexity index is 571. The Hall–Kier alpha value is -1.64. The van der Waals surface area contributed by atoms with Gasteiger partial charge in [0, 0.05) is 25.7 Å². The van der Waals surface area contributed by atoms with Crippen molar-refractivity contribution in [3.8, 4) is 0 Å². The third-order valence-corrected chi connectivity index (χ3v) is 5.46. The fourth-order valence-electron chi connectivity index (χ4n) is 4.30. The van der Waals surface area contributed by atoms with Gasteiger partial charge in [0.25, 0.3) is 0 Å². The Labute approximate surface area is 139 Å². The van der Waals surface area contributed by atoms with Crippen molar-refractivity contribution in [1.82, 2.24) is 9.80 Å². The molecule has 1 atom stereocenters. The van der Waals surface area contributed by atoms with Gasteiger partial charge in [0.15, 0.2) is 0 Å². The number of piperazine rings is 1. The Morgan fingerprint density at radius 3 is 2.04 bits per heavy atom. The first-order valence-electron chi connectivity index (χ1n) is 9.00. The summed E-state index contributed by atoms with van der Waals surface area (Å²) in [6, 6.07) is 23.2. The summed E-state index contributed by atoms with van der Waals surface area (Å²) < 4.78 is 0. The van der Waals surface area contributed by atoms with Gasteiger partial charge in [-0.3, -0.25) is 9.80 Å². The highest BCUT2D eigenvalue weighted by molar-refractivity contribution is 5.32. The first-order valence-corrected chi connectivity index (χ1v) is 9.00. The molecule has 2 aliphatic rings. The molecule has 0 N–H and O–H groups in total. The van der Waals surface area contributed by atoms with E-state index in [1.54, 1.807) is 0 Å². The van der Waals surface area contributed by atoms with E-state index < -0.39 is 0 Å². The molecule has 2 saturated heterocycles. The molecule has 0 unspecified atom stereocenters. The third-order valence-electron chi connectivity index (χ3n) is 5.46. The molecular formula is C21H26N2. The lowest BCUT2D eigenvalue weighted by atomic mass is 9.93. The van der Waals surface area contributed by atoms with Crippen LogP contribution in [0.4, 0.5) is 0 Å². The molecule has 0 aromatic heterocycles. The summed E-state index contributed by atoms with van der Waals surface area (Å²) in [5.41, 5.74) is 2.84. The molecule has 2 heteroatoms. The summed E-state index contributed by atoms with van der Waals surface area (Å²) in [6.45, 7) is 4.90. The van der Waals surface area contributed by atoms with Gasteiger partial charge in [-0.15, -0.1) is 0 Å². The molecule has 0 spiro atoms. The molecule has 2 aromatic rings. The highest BCUT2D eigenvalue weighted by atomic mass is 15.3. The summed E-state index contributed by atoms with van der Waals surface area (Å²) in [5.74, 6) is 0. The van der Waals surface area contributed by atoms with Gasteiger partial charge in [-0.05, 0) is 30.5 Å². The van der Waals surface area contributed by atoms with Gasteiger partial charge in [0.1, 0.15) is 0 Å². The topological polar surface area (TPSA) is 6.48 Å². The van der Waals surface area contributed by atoms with Gasteiger partial charge in [-0.2, -0.15) is 0 Å². The van der Waals surface area contributed by atoms with E-state index in [1.807, 2.05) is 0 Å². The maximum atomic E-state index is 2.72. The van der Waals surface area contributed by atoms with E-state index in [2.05, 4.69) is 70.5 Å². The molecule has 2 nitrogen and oxygen atoms in total. The number of fused-ring (bicyclic) bond motifs is 1. The zero-order valence-corrected chi connectivity index (χ0v) is 13.8. The largest absolute Gasteiger partial charge is 0.298 e. The van der Waals surface area contributed by atoms with E-state index in [-0.39, 0.29) is 0 Å². The Balaban J connectivity index is 1.63. The molecule has 0 radical (unpaired) electrons. The maximum absolute atomic E-state index is 2.72. The molecule has 2 aliphatic heterocycles. The van der Waals surface area contributed by atoms with E-state index in [1.165, 1.54) is 56.6 Å². The van der Waals surface area contributed by atoms with Crippen LogP contribution < -0.4 is 0 Å². The molecule has 0 saturated carbocycles. The molecule has 4 rings (SSSR count). The SMILES string of the molecule is c1ccc(C(c2ccccc2)N2CCN3CCCC[C@H]3C2)cc1. The summed E-state index contributed by atoms with van der Waals surface area (Å²) >= 11 is 0. The van der Waals surface area contributed by atoms with E-state index in [9.17, 15) is 0 Å². The van der Waals surface area contributed by atoms with Crippen molar-refractivity contribution in [1.29, 1.82) is 0 Å². The van der Waals surface area contributed by atoms with Crippen LogP contribution in [0.1, 0.15) is 36.4 Å². The fraction of sp³-hybridized carbons (Fsp3) is 0.429. The zero-order valence-electron chi connectivity index (χ0n) is 13.8. The third kappa shape index (κ3) is 3.19. The Morgan fingerprint density at radius 2 is 1.39 bits per heavy atom. The molecule has 0 bridgehead atoms. The van der Waals surface area contributed by atoms with Crippen LogP contribution in [0.15, 0.2) is 60.7 Å². The van der Waals surface area contributed by atoms with Gasteiger partial charge >= 0.3 is 0 Å². The van der Waals surface area contributed by atoms with Crippen LogP contribution in [0.3, 0.4) is 0 Å². The monoisotopic (exact) mass is 306 g/mol. The van der Waals surface area contributed by atoms with Crippen molar-refractivity contribution in [3.05, 3.63) is 71.8 Å². The van der Waals surface area contributed by atoms with Gasteiger partial charge in [-0.25, -0.2) is 0 Å². The Kier molecular flexibility index (Phi) is 4.45. The maximum Gasteiger partial charge on any atom is 0.0602 e. The second-order valence-corrected chi connectivity index (χ2v) is 6.90. The lowest BCUT2D eigenvalue weighted by Gasteiger charge is -2.46. The van der Waals surface area contributed by atoms with E-state index >= 15 is 0 Å². The van der Waals surface area contributed by atoms with Crippen LogP contribution in [0, 0.1) is 0 Å². The van der Waals surface area contributed by atoms with E-state index in [0.717, 1.165) is 6.04 Å². The minimum Gasteiger partial charge on any atom is -0.298 e. The number of piperidine rings is 1. The normalized spacial score (nSPS) is 22.9. The minimum atomic E-state index is 0.390. The summed E-state index contributed by atoms with van der Waals surface area (Å²) in [6.07, 6.45) is 4.15. The lowest BCUT2D eigenvalue weighted by molar-refractivity contribution is 0.0350.